The van der Waals surface area contributed by atoms with E-state index in [2.05, 4.69) is 17.1 Å². The van der Waals surface area contributed by atoms with Crippen molar-refractivity contribution in [3.05, 3.63) is 12.2 Å². The summed E-state index contributed by atoms with van der Waals surface area (Å²) < 4.78 is 0. The van der Waals surface area contributed by atoms with E-state index in [9.17, 15) is 0 Å². The zero-order valence-corrected chi connectivity index (χ0v) is 9.57. The van der Waals surface area contributed by atoms with Gasteiger partial charge >= 0.3 is 0 Å². The lowest BCUT2D eigenvalue weighted by Crippen LogP contribution is -2.46. The molecule has 2 heteroatoms. The molecule has 2 rings (SSSR count). The smallest absolute Gasteiger partial charge is 0.0445 e. The van der Waals surface area contributed by atoms with Crippen molar-refractivity contribution in [1.29, 1.82) is 0 Å². The minimum Gasteiger partial charge on any atom is -0.396 e. The number of hydrogen-bond acceptors (Lipinski definition) is 2. The highest BCUT2D eigenvalue weighted by Crippen LogP contribution is 2.26. The summed E-state index contributed by atoms with van der Waals surface area (Å²) in [6.07, 6.45) is 13.6. The topological polar surface area (TPSA) is 23.5 Å². The highest BCUT2D eigenvalue weighted by molar-refractivity contribution is 5.00. The number of piperidine rings is 1. The molecule has 0 aromatic carbocycles. The third-order valence-electron chi connectivity index (χ3n) is 3.79. The summed E-state index contributed by atoms with van der Waals surface area (Å²) in [5.41, 5.74) is 0. The predicted molar refractivity (Wildman–Crippen MR) is 62.8 cm³/mol. The average molecular weight is 209 g/mol. The first-order valence-corrected chi connectivity index (χ1v) is 6.45. The summed E-state index contributed by atoms with van der Waals surface area (Å²) in [5, 5.41) is 9.09. The van der Waals surface area contributed by atoms with E-state index >= 15 is 0 Å². The number of hydrogen-bond donors (Lipinski definition) is 1. The number of rotatable bonds is 3. The van der Waals surface area contributed by atoms with Crippen LogP contribution >= 0.6 is 0 Å². The predicted octanol–water partition coefficient (Wildman–Crippen LogP) is 2.33. The summed E-state index contributed by atoms with van der Waals surface area (Å²) in [6.45, 7) is 1.58. The van der Waals surface area contributed by atoms with Gasteiger partial charge in [-0.1, -0.05) is 18.6 Å². The number of allylic oxidation sites excluding steroid dienone is 1. The van der Waals surface area contributed by atoms with Crippen molar-refractivity contribution in [3.8, 4) is 0 Å². The van der Waals surface area contributed by atoms with Gasteiger partial charge in [-0.05, 0) is 45.1 Å². The number of aliphatic hydroxyl groups is 1. The van der Waals surface area contributed by atoms with Crippen LogP contribution in [-0.2, 0) is 0 Å². The third-order valence-corrected chi connectivity index (χ3v) is 3.79. The Hall–Kier alpha value is -0.340. The molecule has 1 N–H and O–H groups in total. The van der Waals surface area contributed by atoms with Crippen molar-refractivity contribution in [2.45, 2.75) is 57.0 Å². The second-order valence-electron chi connectivity index (χ2n) is 4.83. The number of aliphatic hydroxyl groups excluding tert-OH is 1. The molecule has 1 aliphatic carbocycles. The van der Waals surface area contributed by atoms with Crippen LogP contribution in [0, 0.1) is 0 Å². The monoisotopic (exact) mass is 209 g/mol. The SMILES string of the molecule is OCCC1CCCCN1C1C=CCCC1. The van der Waals surface area contributed by atoms with Gasteiger partial charge in [0.2, 0.25) is 0 Å². The molecule has 2 nitrogen and oxygen atoms in total. The van der Waals surface area contributed by atoms with Crippen LogP contribution in [0.25, 0.3) is 0 Å². The maximum absolute atomic E-state index is 9.09. The molecule has 0 radical (unpaired) electrons. The Morgan fingerprint density at radius 2 is 2.13 bits per heavy atom. The van der Waals surface area contributed by atoms with E-state index in [1.54, 1.807) is 0 Å². The van der Waals surface area contributed by atoms with E-state index in [4.69, 9.17) is 5.11 Å². The summed E-state index contributed by atoms with van der Waals surface area (Å²) in [6, 6.07) is 1.30. The van der Waals surface area contributed by atoms with E-state index in [-0.39, 0.29) is 0 Å². The van der Waals surface area contributed by atoms with Crippen LogP contribution in [0.4, 0.5) is 0 Å². The van der Waals surface area contributed by atoms with Crippen molar-refractivity contribution in [2.75, 3.05) is 13.2 Å². The molecule has 1 saturated heterocycles. The summed E-state index contributed by atoms with van der Waals surface area (Å²) in [7, 11) is 0. The first kappa shape index (κ1) is 11.2. The zero-order valence-electron chi connectivity index (χ0n) is 9.57. The molecule has 0 aromatic heterocycles. The summed E-state index contributed by atoms with van der Waals surface area (Å²) in [5.74, 6) is 0. The Kier molecular flexibility index (Phi) is 4.21. The largest absolute Gasteiger partial charge is 0.396 e. The van der Waals surface area contributed by atoms with E-state index in [1.165, 1.54) is 45.1 Å². The van der Waals surface area contributed by atoms with E-state index in [0.29, 0.717) is 18.7 Å². The first-order valence-electron chi connectivity index (χ1n) is 6.45. The quantitative estimate of drug-likeness (QED) is 0.721. The van der Waals surface area contributed by atoms with Gasteiger partial charge in [0.15, 0.2) is 0 Å². The molecular formula is C13H23NO. The van der Waals surface area contributed by atoms with Crippen LogP contribution in [0.1, 0.15) is 44.9 Å². The first-order chi connectivity index (χ1) is 7.42. The standard InChI is InChI=1S/C13H23NO/c15-11-9-13-8-4-5-10-14(13)12-6-2-1-3-7-12/h2,6,12-13,15H,1,3-5,7-11H2. The number of nitrogens with zero attached hydrogens (tertiary/aromatic N) is 1. The van der Waals surface area contributed by atoms with Gasteiger partial charge < -0.3 is 5.11 Å². The maximum atomic E-state index is 9.09. The molecule has 2 atom stereocenters. The second kappa shape index (κ2) is 5.66. The van der Waals surface area contributed by atoms with Gasteiger partial charge in [-0.3, -0.25) is 4.90 Å². The molecule has 0 spiro atoms. The Morgan fingerprint density at radius 1 is 1.20 bits per heavy atom. The van der Waals surface area contributed by atoms with Crippen molar-refractivity contribution >= 4 is 0 Å². The minimum atomic E-state index is 0.345. The summed E-state index contributed by atoms with van der Waals surface area (Å²) in [4.78, 5) is 2.63. The van der Waals surface area contributed by atoms with E-state index < -0.39 is 0 Å². The highest BCUT2D eigenvalue weighted by atomic mass is 16.3. The minimum absolute atomic E-state index is 0.345. The van der Waals surface area contributed by atoms with Crippen LogP contribution in [0.15, 0.2) is 12.2 Å². The van der Waals surface area contributed by atoms with Crippen LogP contribution < -0.4 is 0 Å². The molecule has 1 aliphatic heterocycles. The molecule has 1 heterocycles. The molecule has 2 unspecified atom stereocenters. The molecular weight excluding hydrogens is 186 g/mol. The van der Waals surface area contributed by atoms with Gasteiger partial charge in [0.25, 0.3) is 0 Å². The van der Waals surface area contributed by atoms with Crippen molar-refractivity contribution in [1.82, 2.24) is 4.90 Å². The van der Waals surface area contributed by atoms with E-state index in [1.807, 2.05) is 0 Å². The second-order valence-corrected chi connectivity index (χ2v) is 4.83. The fourth-order valence-electron chi connectivity index (χ4n) is 2.99. The van der Waals surface area contributed by atoms with Crippen LogP contribution in [0.5, 0.6) is 0 Å². The van der Waals surface area contributed by atoms with Crippen molar-refractivity contribution in [2.24, 2.45) is 0 Å². The molecule has 0 saturated carbocycles. The molecule has 0 bridgehead atoms. The van der Waals surface area contributed by atoms with Crippen LogP contribution in [0.3, 0.4) is 0 Å². The Bertz CT molecular complexity index is 213. The Balaban J connectivity index is 1.96. The number of likely N-dealkylation sites (tertiary alicyclic amines) is 1. The van der Waals surface area contributed by atoms with Crippen molar-refractivity contribution < 1.29 is 5.11 Å². The average Bonchev–Trinajstić information content (AvgIpc) is 2.31. The molecule has 0 aromatic rings. The normalized spacial score (nSPS) is 33.1. The Morgan fingerprint density at radius 3 is 2.87 bits per heavy atom. The van der Waals surface area contributed by atoms with Gasteiger partial charge in [-0.15, -0.1) is 0 Å². The van der Waals surface area contributed by atoms with Crippen molar-refractivity contribution in [3.63, 3.8) is 0 Å². The lowest BCUT2D eigenvalue weighted by molar-refractivity contribution is 0.0878. The molecule has 2 aliphatic rings. The third kappa shape index (κ3) is 2.82. The van der Waals surface area contributed by atoms with Gasteiger partial charge in [-0.2, -0.15) is 0 Å². The van der Waals surface area contributed by atoms with Gasteiger partial charge in [0.1, 0.15) is 0 Å². The maximum Gasteiger partial charge on any atom is 0.0445 e. The summed E-state index contributed by atoms with van der Waals surface area (Å²) >= 11 is 0. The zero-order chi connectivity index (χ0) is 10.5. The van der Waals surface area contributed by atoms with Crippen LogP contribution in [-0.4, -0.2) is 35.2 Å². The van der Waals surface area contributed by atoms with Gasteiger partial charge in [-0.25, -0.2) is 0 Å². The van der Waals surface area contributed by atoms with Gasteiger partial charge in [0.05, 0.1) is 0 Å². The highest BCUT2D eigenvalue weighted by Gasteiger charge is 2.27. The fraction of sp³-hybridized carbons (Fsp3) is 0.846. The van der Waals surface area contributed by atoms with Crippen LogP contribution in [0.2, 0.25) is 0 Å². The Labute approximate surface area is 93.0 Å². The van der Waals surface area contributed by atoms with E-state index in [0.717, 1.165) is 6.42 Å². The lowest BCUT2D eigenvalue weighted by Gasteiger charge is -2.41. The molecule has 15 heavy (non-hydrogen) atoms. The fourth-order valence-corrected chi connectivity index (χ4v) is 2.99. The molecule has 86 valence electrons. The lowest BCUT2D eigenvalue weighted by atomic mass is 9.93. The molecule has 0 amide bonds. The van der Waals surface area contributed by atoms with Gasteiger partial charge in [0, 0.05) is 18.7 Å². The molecule has 1 fully saturated rings.